The Balaban J connectivity index is 2.14. The van der Waals surface area contributed by atoms with Gasteiger partial charge in [0.05, 0.1) is 10.9 Å². The van der Waals surface area contributed by atoms with E-state index in [0.717, 1.165) is 27.4 Å². The van der Waals surface area contributed by atoms with Crippen molar-refractivity contribution in [2.45, 2.75) is 24.0 Å². The molecular weight excluding hydrogens is 349 g/mol. The number of benzene rings is 2. The first-order chi connectivity index (χ1) is 11.0. The van der Waals surface area contributed by atoms with Crippen molar-refractivity contribution in [2.75, 3.05) is 5.32 Å². The predicted octanol–water partition coefficient (Wildman–Crippen LogP) is 6.12. The van der Waals surface area contributed by atoms with Gasteiger partial charge >= 0.3 is 0 Å². The minimum absolute atomic E-state index is 0.0568. The summed E-state index contributed by atoms with van der Waals surface area (Å²) in [6, 6.07) is 13.4. The summed E-state index contributed by atoms with van der Waals surface area (Å²) in [5.74, 6) is 0.0568. The van der Waals surface area contributed by atoms with Gasteiger partial charge in [-0.2, -0.15) is 0 Å². The second-order valence-electron chi connectivity index (χ2n) is 5.41. The van der Waals surface area contributed by atoms with Gasteiger partial charge in [-0.3, -0.25) is 4.79 Å². The highest BCUT2D eigenvalue weighted by molar-refractivity contribution is 8.00. The molecule has 1 atom stereocenters. The highest BCUT2D eigenvalue weighted by Crippen LogP contribution is 2.47. The average molecular weight is 364 g/mol. The van der Waals surface area contributed by atoms with Crippen molar-refractivity contribution in [3.8, 4) is 0 Å². The number of nitrogens with one attached hydrogen (secondary N) is 1. The van der Waals surface area contributed by atoms with Crippen molar-refractivity contribution in [1.29, 1.82) is 0 Å². The lowest BCUT2D eigenvalue weighted by molar-refractivity contribution is -0.113. The molecule has 1 heterocycles. The molecule has 23 heavy (non-hydrogen) atoms. The zero-order chi connectivity index (χ0) is 16.6. The van der Waals surface area contributed by atoms with Crippen LogP contribution >= 0.6 is 35.0 Å². The molecule has 118 valence electrons. The minimum atomic E-state index is -0.0836. The van der Waals surface area contributed by atoms with Crippen LogP contribution in [-0.2, 0) is 4.79 Å². The van der Waals surface area contributed by atoms with Crippen LogP contribution in [0, 0.1) is 0 Å². The lowest BCUT2D eigenvalue weighted by atomic mass is 9.99. The van der Waals surface area contributed by atoms with Gasteiger partial charge in [0.2, 0.25) is 0 Å². The molecule has 0 bridgehead atoms. The van der Waals surface area contributed by atoms with E-state index >= 15 is 0 Å². The first kappa shape index (κ1) is 16.4. The van der Waals surface area contributed by atoms with Crippen molar-refractivity contribution >= 4 is 46.4 Å². The molecule has 2 aromatic rings. The maximum atomic E-state index is 12.3. The van der Waals surface area contributed by atoms with Crippen molar-refractivity contribution in [3.63, 3.8) is 0 Å². The molecule has 3 rings (SSSR count). The molecule has 0 amide bonds. The second-order valence-corrected chi connectivity index (χ2v) is 7.43. The molecule has 5 heteroatoms. The third kappa shape index (κ3) is 3.42. The molecule has 0 aliphatic carbocycles. The fourth-order valence-corrected chi connectivity index (χ4v) is 4.36. The molecule has 0 fully saturated rings. The number of ketones is 1. The van der Waals surface area contributed by atoms with Crippen molar-refractivity contribution in [3.05, 3.63) is 69.3 Å². The molecule has 1 aliphatic rings. The summed E-state index contributed by atoms with van der Waals surface area (Å²) in [5, 5.41) is 4.60. The maximum absolute atomic E-state index is 12.3. The molecule has 2 nitrogen and oxygen atoms in total. The number of carbonyl (C=O) groups is 1. The number of Topliss-reactive ketones (excluding diaryl/α,β-unsaturated/α-hetero) is 1. The smallest absolute Gasteiger partial charge is 0.159 e. The Hall–Kier alpha value is -1.42. The van der Waals surface area contributed by atoms with Crippen LogP contribution in [0.3, 0.4) is 0 Å². The van der Waals surface area contributed by atoms with Gasteiger partial charge in [0.25, 0.3) is 0 Å². The van der Waals surface area contributed by atoms with Crippen LogP contribution in [0.5, 0.6) is 0 Å². The van der Waals surface area contributed by atoms with Crippen molar-refractivity contribution in [2.24, 2.45) is 0 Å². The molecule has 0 aromatic heterocycles. The van der Waals surface area contributed by atoms with E-state index in [1.165, 1.54) is 0 Å². The Morgan fingerprint density at radius 1 is 1.09 bits per heavy atom. The Morgan fingerprint density at radius 2 is 1.74 bits per heavy atom. The fourth-order valence-electron chi connectivity index (χ4n) is 2.68. The van der Waals surface area contributed by atoms with E-state index in [1.807, 2.05) is 49.4 Å². The van der Waals surface area contributed by atoms with E-state index in [2.05, 4.69) is 5.32 Å². The topological polar surface area (TPSA) is 29.1 Å². The maximum Gasteiger partial charge on any atom is 0.159 e. The van der Waals surface area contributed by atoms with Gasteiger partial charge in [0, 0.05) is 26.2 Å². The van der Waals surface area contributed by atoms with E-state index in [4.69, 9.17) is 23.2 Å². The monoisotopic (exact) mass is 363 g/mol. The Kier molecular flexibility index (Phi) is 4.72. The molecule has 0 radical (unpaired) electrons. The summed E-state index contributed by atoms with van der Waals surface area (Å²) < 4.78 is 0. The summed E-state index contributed by atoms with van der Waals surface area (Å²) in [6.07, 6.45) is 0. The molecule has 0 saturated heterocycles. The van der Waals surface area contributed by atoms with Crippen LogP contribution in [0.15, 0.2) is 58.6 Å². The SMILES string of the molecule is CC(=O)C1=C(C)Nc2cc(Cl)ccc2SC1c1ccc(Cl)cc1. The van der Waals surface area contributed by atoms with Crippen LogP contribution in [0.4, 0.5) is 5.69 Å². The van der Waals surface area contributed by atoms with E-state index in [0.29, 0.717) is 10.0 Å². The number of halogens is 2. The fraction of sp³-hybridized carbons (Fsp3) is 0.167. The lowest BCUT2D eigenvalue weighted by Gasteiger charge is -2.18. The van der Waals surface area contributed by atoms with E-state index in [-0.39, 0.29) is 11.0 Å². The molecule has 2 aromatic carbocycles. The highest BCUT2D eigenvalue weighted by Gasteiger charge is 2.27. The number of carbonyl (C=O) groups excluding carboxylic acids is 1. The number of thioether (sulfide) groups is 1. The second kappa shape index (κ2) is 6.60. The summed E-state index contributed by atoms with van der Waals surface area (Å²) in [4.78, 5) is 13.3. The average Bonchev–Trinajstić information content (AvgIpc) is 2.63. The van der Waals surface area contributed by atoms with Gasteiger partial charge in [-0.25, -0.2) is 0 Å². The van der Waals surface area contributed by atoms with Gasteiger partial charge < -0.3 is 5.32 Å². The quantitative estimate of drug-likeness (QED) is 0.697. The number of allylic oxidation sites excluding steroid dienone is 1. The summed E-state index contributed by atoms with van der Waals surface area (Å²) >= 11 is 13.7. The van der Waals surface area contributed by atoms with Crippen LogP contribution in [-0.4, -0.2) is 5.78 Å². The third-order valence-electron chi connectivity index (χ3n) is 3.73. The molecular formula is C18H15Cl2NOS. The van der Waals surface area contributed by atoms with Crippen LogP contribution in [0.2, 0.25) is 10.0 Å². The van der Waals surface area contributed by atoms with Crippen molar-refractivity contribution < 1.29 is 4.79 Å². The zero-order valence-corrected chi connectivity index (χ0v) is 15.0. The number of rotatable bonds is 2. The Morgan fingerprint density at radius 3 is 2.39 bits per heavy atom. The van der Waals surface area contributed by atoms with Crippen molar-refractivity contribution in [1.82, 2.24) is 0 Å². The first-order valence-corrected chi connectivity index (χ1v) is 8.79. The number of fused-ring (bicyclic) bond motifs is 1. The third-order valence-corrected chi connectivity index (χ3v) is 5.57. The molecule has 0 saturated carbocycles. The summed E-state index contributed by atoms with van der Waals surface area (Å²) in [5.41, 5.74) is 3.60. The summed E-state index contributed by atoms with van der Waals surface area (Å²) in [6.45, 7) is 3.53. The van der Waals surface area contributed by atoms with E-state index in [1.54, 1.807) is 18.7 Å². The number of hydrogen-bond donors (Lipinski definition) is 1. The predicted molar refractivity (Wildman–Crippen MR) is 98.5 cm³/mol. The number of hydrogen-bond acceptors (Lipinski definition) is 3. The van der Waals surface area contributed by atoms with Gasteiger partial charge in [-0.05, 0) is 49.7 Å². The minimum Gasteiger partial charge on any atom is -0.358 e. The van der Waals surface area contributed by atoms with Gasteiger partial charge in [0.15, 0.2) is 5.78 Å². The molecule has 0 spiro atoms. The molecule has 1 aliphatic heterocycles. The van der Waals surface area contributed by atoms with Crippen LogP contribution in [0.1, 0.15) is 24.7 Å². The lowest BCUT2D eigenvalue weighted by Crippen LogP contribution is -2.10. The molecule has 1 N–H and O–H groups in total. The number of anilines is 1. The standard InChI is InChI=1S/C18H15Cl2NOS/c1-10-17(11(2)22)18(12-3-5-13(19)6-4-12)23-16-8-7-14(20)9-15(16)21-10/h3-9,18,21H,1-2H3. The summed E-state index contributed by atoms with van der Waals surface area (Å²) in [7, 11) is 0. The van der Waals surface area contributed by atoms with Crippen LogP contribution in [0.25, 0.3) is 0 Å². The van der Waals surface area contributed by atoms with E-state index in [9.17, 15) is 4.79 Å². The Bertz CT molecular complexity index is 799. The Labute approximate surface area is 149 Å². The largest absolute Gasteiger partial charge is 0.358 e. The van der Waals surface area contributed by atoms with Crippen LogP contribution < -0.4 is 5.32 Å². The van der Waals surface area contributed by atoms with Gasteiger partial charge in [0.1, 0.15) is 0 Å². The van der Waals surface area contributed by atoms with Gasteiger partial charge in [-0.15, -0.1) is 11.8 Å². The van der Waals surface area contributed by atoms with Gasteiger partial charge in [-0.1, -0.05) is 35.3 Å². The first-order valence-electron chi connectivity index (χ1n) is 7.16. The van der Waals surface area contributed by atoms with E-state index < -0.39 is 0 Å². The molecule has 1 unspecified atom stereocenters. The normalized spacial score (nSPS) is 17.3. The zero-order valence-electron chi connectivity index (χ0n) is 12.7. The highest BCUT2D eigenvalue weighted by atomic mass is 35.5.